The summed E-state index contributed by atoms with van der Waals surface area (Å²) in [6.45, 7) is 30.1. The molecule has 0 amide bonds. The number of rotatable bonds is 29. The Bertz CT molecular complexity index is 1580. The number of benzene rings is 3. The van der Waals surface area contributed by atoms with Crippen LogP contribution in [0, 0.1) is 0 Å². The molecule has 1 unspecified atom stereocenters. The summed E-state index contributed by atoms with van der Waals surface area (Å²) in [7, 11) is -5.89. The molecule has 0 fully saturated rings. The third-order valence-electron chi connectivity index (χ3n) is 14.5. The van der Waals surface area contributed by atoms with E-state index in [4.69, 9.17) is 8.85 Å². The van der Waals surface area contributed by atoms with E-state index < -0.39 is 23.9 Å². The molecule has 0 spiro atoms. The summed E-state index contributed by atoms with van der Waals surface area (Å²) in [5.74, 6) is 0.602. The molecule has 0 saturated heterocycles. The Morgan fingerprint density at radius 2 is 1.05 bits per heavy atom. The Balaban J connectivity index is 1.77. The molecule has 0 heterocycles. The second-order valence-corrected chi connectivity index (χ2v) is 34.9. The fourth-order valence-electron chi connectivity index (χ4n) is 8.50. The summed E-state index contributed by atoms with van der Waals surface area (Å²) in [4.78, 5) is 0. The summed E-state index contributed by atoms with van der Waals surface area (Å²) in [5, 5.41) is 5.07. The quantitative estimate of drug-likeness (QED) is 0.0299. The summed E-state index contributed by atoms with van der Waals surface area (Å²) in [6.07, 6.45) is 25.7. The second-order valence-electron chi connectivity index (χ2n) is 21.2. The van der Waals surface area contributed by atoms with Crippen molar-refractivity contribution in [2.24, 2.45) is 0 Å². The molecule has 3 aromatic carbocycles. The van der Waals surface area contributed by atoms with Crippen molar-refractivity contribution >= 4 is 39.8 Å². The van der Waals surface area contributed by atoms with E-state index >= 15 is 0 Å². The van der Waals surface area contributed by atoms with Crippen molar-refractivity contribution in [3.05, 3.63) is 102 Å². The van der Waals surface area contributed by atoms with Crippen LogP contribution in [0.15, 0.2) is 96.6 Å². The first-order chi connectivity index (χ1) is 28.5. The van der Waals surface area contributed by atoms with Gasteiger partial charge in [-0.25, -0.2) is 0 Å². The molecule has 60 heavy (non-hydrogen) atoms. The zero-order valence-electron chi connectivity index (χ0n) is 41.2. The van der Waals surface area contributed by atoms with E-state index in [1.807, 2.05) is 0 Å². The van der Waals surface area contributed by atoms with Crippen molar-refractivity contribution < 1.29 is 8.85 Å². The molecule has 0 aliphatic rings. The van der Waals surface area contributed by atoms with Gasteiger partial charge in [0.2, 0.25) is 0 Å². The number of allylic oxidation sites excluding steroid dienone is 1. The summed E-state index contributed by atoms with van der Waals surface area (Å²) < 4.78 is 13.4. The van der Waals surface area contributed by atoms with Crippen molar-refractivity contribution in [2.75, 3.05) is 19.4 Å². The molecular weight excluding hydrogens is 780 g/mol. The molecule has 0 N–H and O–H groups in total. The van der Waals surface area contributed by atoms with Gasteiger partial charge >= 0.3 is 273 Å². The van der Waals surface area contributed by atoms with Gasteiger partial charge < -0.3 is 4.43 Å². The van der Waals surface area contributed by atoms with Gasteiger partial charge in [0.15, 0.2) is 8.32 Å². The molecule has 3 rings (SSSR count). The predicted octanol–water partition coefficient (Wildman–Crippen LogP) is 16.4. The minimum atomic E-state index is -2.36. The average molecular weight is 873 g/mol. The summed E-state index contributed by atoms with van der Waals surface area (Å²) in [6, 6.07) is 33.1. The molecule has 0 bridgehead atoms. The topological polar surface area (TPSA) is 18.5 Å². The van der Waals surface area contributed by atoms with Crippen LogP contribution < -0.4 is 15.9 Å². The van der Waals surface area contributed by atoms with E-state index in [1.165, 1.54) is 107 Å². The van der Waals surface area contributed by atoms with Gasteiger partial charge in [-0.15, -0.1) is 0 Å². The molecular formula is C55H93O2PSi2. The Labute approximate surface area is 375 Å². The molecule has 3 aromatic rings. The maximum absolute atomic E-state index is 6.81. The van der Waals surface area contributed by atoms with Crippen LogP contribution in [0.25, 0.3) is 0 Å². The minimum absolute atomic E-state index is 0.217. The summed E-state index contributed by atoms with van der Waals surface area (Å²) in [5.41, 5.74) is 3.25. The van der Waals surface area contributed by atoms with Crippen LogP contribution in [0.1, 0.15) is 176 Å². The zero-order chi connectivity index (χ0) is 44.1. The van der Waals surface area contributed by atoms with Gasteiger partial charge in [-0.3, -0.25) is 0 Å². The van der Waals surface area contributed by atoms with Crippen molar-refractivity contribution in [3.63, 3.8) is 0 Å². The SMILES string of the molecule is CCCCCCCCC/C(=C/CCO[Si](C)(C)C(C)(C)C)CCCCCC(CCC)c1cccc([PH](CCCO[Si](C)(C)C(C)(C)C)(c2ccccc2)c2ccccc2)c1. The molecule has 0 aliphatic carbocycles. The van der Waals surface area contributed by atoms with Gasteiger partial charge in [-0.05, 0) is 18.1 Å². The van der Waals surface area contributed by atoms with E-state index in [0.717, 1.165) is 32.2 Å². The Kier molecular flexibility index (Phi) is 22.8. The van der Waals surface area contributed by atoms with Gasteiger partial charge in [0.05, 0.1) is 0 Å². The zero-order valence-corrected chi connectivity index (χ0v) is 44.2. The molecule has 0 aromatic heterocycles. The van der Waals surface area contributed by atoms with E-state index in [2.05, 4.69) is 173 Å². The van der Waals surface area contributed by atoms with Gasteiger partial charge in [0.25, 0.3) is 0 Å². The molecule has 0 saturated carbocycles. The molecule has 1 atom stereocenters. The Morgan fingerprint density at radius 3 is 1.58 bits per heavy atom. The molecule has 5 heteroatoms. The third-order valence-corrected chi connectivity index (χ3v) is 28.6. The van der Waals surface area contributed by atoms with E-state index in [-0.39, 0.29) is 10.1 Å². The number of unbranched alkanes of at least 4 members (excludes halogenated alkanes) is 8. The molecule has 0 aliphatic heterocycles. The fourth-order valence-corrected chi connectivity index (χ4v) is 15.5. The van der Waals surface area contributed by atoms with Crippen molar-refractivity contribution in [1.29, 1.82) is 0 Å². The van der Waals surface area contributed by atoms with E-state index in [9.17, 15) is 0 Å². The Hall–Kier alpha value is -1.82. The van der Waals surface area contributed by atoms with Crippen molar-refractivity contribution in [3.8, 4) is 0 Å². The van der Waals surface area contributed by atoms with E-state index in [0.29, 0.717) is 5.92 Å². The summed E-state index contributed by atoms with van der Waals surface area (Å²) >= 11 is 0. The van der Waals surface area contributed by atoms with Gasteiger partial charge in [0, 0.05) is 6.61 Å². The van der Waals surface area contributed by atoms with Crippen LogP contribution in [-0.4, -0.2) is 36.0 Å². The third kappa shape index (κ3) is 16.7. The first-order valence-electron chi connectivity index (χ1n) is 24.7. The predicted molar refractivity (Wildman–Crippen MR) is 278 cm³/mol. The van der Waals surface area contributed by atoms with Crippen molar-refractivity contribution in [2.45, 2.75) is 207 Å². The molecule has 0 radical (unpaired) electrons. The van der Waals surface area contributed by atoms with Crippen LogP contribution in [0.4, 0.5) is 0 Å². The van der Waals surface area contributed by atoms with E-state index in [1.54, 1.807) is 16.4 Å². The average Bonchev–Trinajstić information content (AvgIpc) is 3.21. The first kappa shape index (κ1) is 52.5. The second kappa shape index (κ2) is 26.1. The van der Waals surface area contributed by atoms with Crippen LogP contribution >= 0.6 is 7.26 Å². The number of hydrogen-bond donors (Lipinski definition) is 0. The van der Waals surface area contributed by atoms with Gasteiger partial charge in [-0.1, -0.05) is 66.2 Å². The number of hydrogen-bond acceptors (Lipinski definition) is 2. The standard InChI is InChI=1S/C55H93O2PSi2/c1-13-15-16-17-18-19-23-34-48(36-31-44-56-59(9,10)54(3,4)5)35-24-20-25-37-49(33-14-2)50-38-30-43-53(47-50)58(51-39-26-21-27-40-51,52-41-28-22-29-42-52)46-32-45-57-60(11,12)55(6,7)8/h21-22,26-30,36,38-43,47,49,58H,13-20,23-25,31-35,37,44-46H2,1-12H3/b48-36-. The first-order valence-corrected chi connectivity index (χ1v) is 32.7. The molecule has 338 valence electrons. The van der Waals surface area contributed by atoms with Crippen molar-refractivity contribution in [1.82, 2.24) is 0 Å². The Morgan fingerprint density at radius 1 is 0.550 bits per heavy atom. The van der Waals surface area contributed by atoms with Gasteiger partial charge in [-0.2, -0.15) is 0 Å². The van der Waals surface area contributed by atoms with Crippen LogP contribution in [0.2, 0.25) is 36.3 Å². The van der Waals surface area contributed by atoms with Crippen LogP contribution in [0.5, 0.6) is 0 Å². The van der Waals surface area contributed by atoms with Crippen LogP contribution in [0.3, 0.4) is 0 Å². The monoisotopic (exact) mass is 873 g/mol. The maximum atomic E-state index is 6.81. The fraction of sp³-hybridized carbons (Fsp3) is 0.636. The van der Waals surface area contributed by atoms with Gasteiger partial charge in [0.1, 0.15) is 0 Å². The molecule has 2 nitrogen and oxygen atoms in total. The normalized spacial score (nSPS) is 14.1. The van der Waals surface area contributed by atoms with Crippen LogP contribution in [-0.2, 0) is 8.85 Å².